The zero-order valence-corrected chi connectivity index (χ0v) is 15.9. The van der Waals surface area contributed by atoms with Gasteiger partial charge in [-0.3, -0.25) is 9.69 Å². The van der Waals surface area contributed by atoms with Gasteiger partial charge >= 0.3 is 0 Å². The number of benzene rings is 2. The summed E-state index contributed by atoms with van der Waals surface area (Å²) >= 11 is 0. The van der Waals surface area contributed by atoms with Gasteiger partial charge in [0.2, 0.25) is 5.91 Å². The van der Waals surface area contributed by atoms with Crippen LogP contribution in [0.15, 0.2) is 54.6 Å². The van der Waals surface area contributed by atoms with Crippen LogP contribution in [0.4, 0.5) is 0 Å². The highest BCUT2D eigenvalue weighted by Crippen LogP contribution is 2.32. The summed E-state index contributed by atoms with van der Waals surface area (Å²) in [7, 11) is 3.58. The number of amides is 1. The largest absolute Gasteiger partial charge is 0.497 e. The minimum Gasteiger partial charge on any atom is -0.497 e. The highest BCUT2D eigenvalue weighted by molar-refractivity contribution is 5.78. The number of carbonyl (C=O) groups excluding carboxylic acids is 1. The molecule has 0 bridgehead atoms. The third-order valence-electron chi connectivity index (χ3n) is 5.46. The Morgan fingerprint density at radius 2 is 1.88 bits per heavy atom. The fourth-order valence-electron chi connectivity index (χ4n) is 3.68. The maximum Gasteiger partial charge on any atom is 0.237 e. The molecule has 1 aliphatic rings. The van der Waals surface area contributed by atoms with Gasteiger partial charge in [0.15, 0.2) is 0 Å². The molecule has 0 unspecified atom stereocenters. The number of rotatable bonds is 6. The first-order chi connectivity index (χ1) is 12.6. The van der Waals surface area contributed by atoms with Crippen molar-refractivity contribution in [3.8, 4) is 5.75 Å². The molecule has 26 heavy (non-hydrogen) atoms. The average molecular weight is 352 g/mol. The molecule has 1 amide bonds. The van der Waals surface area contributed by atoms with Gasteiger partial charge in [0.05, 0.1) is 19.7 Å². The molecule has 4 heteroatoms. The Morgan fingerprint density at radius 3 is 2.54 bits per heavy atom. The SMILES string of the molecule is COc1ccc([C@H]2CCCN2CC(=O)N(C)[C@H](C)c2ccccc2)cc1. The second-order valence-electron chi connectivity index (χ2n) is 6.99. The van der Waals surface area contributed by atoms with E-state index >= 15 is 0 Å². The van der Waals surface area contributed by atoms with E-state index in [1.54, 1.807) is 7.11 Å². The molecule has 4 nitrogen and oxygen atoms in total. The van der Waals surface area contributed by atoms with Gasteiger partial charge in [-0.25, -0.2) is 0 Å². The monoisotopic (exact) mass is 352 g/mol. The predicted octanol–water partition coefficient (Wildman–Crippen LogP) is 4.05. The highest BCUT2D eigenvalue weighted by atomic mass is 16.5. The third-order valence-corrected chi connectivity index (χ3v) is 5.46. The first-order valence-electron chi connectivity index (χ1n) is 9.28. The van der Waals surface area contributed by atoms with Crippen LogP contribution in [-0.4, -0.2) is 43.0 Å². The molecular weight excluding hydrogens is 324 g/mol. The number of carbonyl (C=O) groups is 1. The van der Waals surface area contributed by atoms with Crippen LogP contribution in [0.1, 0.15) is 43.0 Å². The molecular formula is C22H28N2O2. The van der Waals surface area contributed by atoms with Crippen LogP contribution in [0.25, 0.3) is 0 Å². The van der Waals surface area contributed by atoms with Crippen molar-refractivity contribution in [2.45, 2.75) is 31.8 Å². The second kappa shape index (κ2) is 8.37. The number of ether oxygens (including phenoxy) is 1. The van der Waals surface area contributed by atoms with Crippen LogP contribution in [-0.2, 0) is 4.79 Å². The van der Waals surface area contributed by atoms with Gasteiger partial charge in [-0.2, -0.15) is 0 Å². The van der Waals surface area contributed by atoms with Crippen molar-refractivity contribution in [1.82, 2.24) is 9.80 Å². The van der Waals surface area contributed by atoms with Crippen LogP contribution < -0.4 is 4.74 Å². The molecule has 0 aromatic heterocycles. The fourth-order valence-corrected chi connectivity index (χ4v) is 3.68. The number of likely N-dealkylation sites (tertiary alicyclic amines) is 1. The Balaban J connectivity index is 1.65. The standard InChI is InChI=1S/C22H28N2O2/c1-17(18-8-5-4-6-9-18)23(2)22(25)16-24-15-7-10-21(24)19-11-13-20(26-3)14-12-19/h4-6,8-9,11-14,17,21H,7,10,15-16H2,1-3H3/t17-,21-/m1/s1. The lowest BCUT2D eigenvalue weighted by Crippen LogP contribution is -2.39. The first-order valence-corrected chi connectivity index (χ1v) is 9.28. The summed E-state index contributed by atoms with van der Waals surface area (Å²) in [5.74, 6) is 1.03. The summed E-state index contributed by atoms with van der Waals surface area (Å²) in [6, 6.07) is 18.8. The Hall–Kier alpha value is -2.33. The van der Waals surface area contributed by atoms with Crippen LogP contribution in [0.3, 0.4) is 0 Å². The van der Waals surface area contributed by atoms with Crippen LogP contribution in [0.2, 0.25) is 0 Å². The Labute approximate surface area is 156 Å². The Bertz CT molecular complexity index is 715. The number of methoxy groups -OCH3 is 1. The van der Waals surface area contributed by atoms with E-state index in [1.807, 2.05) is 42.3 Å². The van der Waals surface area contributed by atoms with Crippen molar-refractivity contribution in [3.05, 3.63) is 65.7 Å². The van der Waals surface area contributed by atoms with Gasteiger partial charge in [0.1, 0.15) is 5.75 Å². The topological polar surface area (TPSA) is 32.8 Å². The maximum absolute atomic E-state index is 12.9. The van der Waals surface area contributed by atoms with Crippen molar-refractivity contribution in [2.24, 2.45) is 0 Å². The van der Waals surface area contributed by atoms with Crippen molar-refractivity contribution < 1.29 is 9.53 Å². The number of nitrogens with zero attached hydrogens (tertiary/aromatic N) is 2. The Kier molecular flexibility index (Phi) is 5.94. The molecule has 0 spiro atoms. The molecule has 0 saturated carbocycles. The molecule has 1 aliphatic heterocycles. The molecule has 2 aromatic carbocycles. The van der Waals surface area contributed by atoms with Crippen molar-refractivity contribution >= 4 is 5.91 Å². The highest BCUT2D eigenvalue weighted by Gasteiger charge is 2.29. The van der Waals surface area contributed by atoms with Crippen LogP contribution >= 0.6 is 0 Å². The molecule has 1 saturated heterocycles. The lowest BCUT2D eigenvalue weighted by atomic mass is 10.0. The number of hydrogen-bond donors (Lipinski definition) is 0. The van der Waals surface area contributed by atoms with E-state index in [0.29, 0.717) is 12.6 Å². The first kappa shape index (κ1) is 18.5. The lowest BCUT2D eigenvalue weighted by Gasteiger charge is -2.30. The summed E-state index contributed by atoms with van der Waals surface area (Å²) in [5.41, 5.74) is 2.42. The van der Waals surface area contributed by atoms with Crippen molar-refractivity contribution in [3.63, 3.8) is 0 Å². The summed E-state index contributed by atoms with van der Waals surface area (Å²) < 4.78 is 5.25. The minimum atomic E-state index is 0.0748. The van der Waals surface area contributed by atoms with Crippen molar-refractivity contribution in [1.29, 1.82) is 0 Å². The van der Waals surface area contributed by atoms with Crippen LogP contribution in [0.5, 0.6) is 5.75 Å². The summed E-state index contributed by atoms with van der Waals surface area (Å²) in [4.78, 5) is 17.0. The normalized spacial score (nSPS) is 18.5. The quantitative estimate of drug-likeness (QED) is 0.786. The Morgan fingerprint density at radius 1 is 1.19 bits per heavy atom. The zero-order chi connectivity index (χ0) is 18.5. The second-order valence-corrected chi connectivity index (χ2v) is 6.99. The molecule has 2 atom stereocenters. The number of hydrogen-bond acceptors (Lipinski definition) is 3. The van der Waals surface area contributed by atoms with Gasteiger partial charge in [-0.15, -0.1) is 0 Å². The zero-order valence-electron chi connectivity index (χ0n) is 15.9. The fraction of sp³-hybridized carbons (Fsp3) is 0.409. The average Bonchev–Trinajstić information content (AvgIpc) is 3.15. The number of likely N-dealkylation sites (N-methyl/N-ethyl adjacent to an activating group) is 1. The molecule has 0 radical (unpaired) electrons. The summed E-state index contributed by atoms with van der Waals surface area (Å²) in [5, 5.41) is 0. The molecule has 0 aliphatic carbocycles. The molecule has 3 rings (SSSR count). The van der Waals surface area contributed by atoms with E-state index in [4.69, 9.17) is 4.74 Å². The van der Waals surface area contributed by atoms with Crippen molar-refractivity contribution in [2.75, 3.05) is 27.2 Å². The lowest BCUT2D eigenvalue weighted by molar-refractivity contribution is -0.133. The smallest absolute Gasteiger partial charge is 0.237 e. The maximum atomic E-state index is 12.9. The van der Waals surface area contributed by atoms with E-state index in [2.05, 4.69) is 36.1 Å². The van der Waals surface area contributed by atoms with E-state index < -0.39 is 0 Å². The third kappa shape index (κ3) is 4.07. The van der Waals surface area contributed by atoms with Gasteiger partial charge in [-0.05, 0) is 49.6 Å². The van der Waals surface area contributed by atoms with E-state index in [9.17, 15) is 4.79 Å². The molecule has 0 N–H and O–H groups in total. The summed E-state index contributed by atoms with van der Waals surface area (Å²) in [6.45, 7) is 3.51. The molecule has 1 heterocycles. The molecule has 1 fully saturated rings. The van der Waals surface area contributed by atoms with E-state index in [0.717, 1.165) is 30.7 Å². The van der Waals surface area contributed by atoms with E-state index in [-0.39, 0.29) is 11.9 Å². The van der Waals surface area contributed by atoms with Crippen LogP contribution in [0, 0.1) is 0 Å². The minimum absolute atomic E-state index is 0.0748. The molecule has 2 aromatic rings. The van der Waals surface area contributed by atoms with Gasteiger partial charge in [-0.1, -0.05) is 42.5 Å². The van der Waals surface area contributed by atoms with Gasteiger partial charge in [0, 0.05) is 13.1 Å². The predicted molar refractivity (Wildman–Crippen MR) is 104 cm³/mol. The van der Waals surface area contributed by atoms with E-state index in [1.165, 1.54) is 5.56 Å². The van der Waals surface area contributed by atoms with Gasteiger partial charge < -0.3 is 9.64 Å². The summed E-state index contributed by atoms with van der Waals surface area (Å²) in [6.07, 6.45) is 2.22. The van der Waals surface area contributed by atoms with Gasteiger partial charge in [0.25, 0.3) is 0 Å². The molecule has 138 valence electrons.